The zero-order valence-corrected chi connectivity index (χ0v) is 12.7. The summed E-state index contributed by atoms with van der Waals surface area (Å²) in [6.45, 7) is 1.34. The van der Waals surface area contributed by atoms with Crippen molar-refractivity contribution in [1.29, 1.82) is 0 Å². The number of fused-ring (bicyclic) bond motifs is 1. The van der Waals surface area contributed by atoms with Crippen LogP contribution in [0.4, 0.5) is 13.2 Å². The number of ether oxygens (including phenoxy) is 1. The van der Waals surface area contributed by atoms with E-state index in [0.717, 1.165) is 31.6 Å². The van der Waals surface area contributed by atoms with Crippen molar-refractivity contribution in [3.05, 3.63) is 51.7 Å². The van der Waals surface area contributed by atoms with E-state index in [1.165, 1.54) is 10.4 Å². The van der Waals surface area contributed by atoms with Gasteiger partial charge in [-0.25, -0.2) is 0 Å². The Balaban J connectivity index is 1.61. The SMILES string of the molecule is FC(F)(F)COc1cccc(CN2CCc3sccc3C2)c1. The van der Waals surface area contributed by atoms with Crippen molar-refractivity contribution in [2.24, 2.45) is 0 Å². The second-order valence-electron chi connectivity index (χ2n) is 5.38. The molecule has 0 fully saturated rings. The number of hydrogen-bond acceptors (Lipinski definition) is 3. The highest BCUT2D eigenvalue weighted by Crippen LogP contribution is 2.26. The molecule has 0 saturated carbocycles. The third-order valence-corrected chi connectivity index (χ3v) is 4.62. The Morgan fingerprint density at radius 3 is 2.91 bits per heavy atom. The second kappa shape index (κ2) is 6.30. The molecule has 0 amide bonds. The predicted octanol–water partition coefficient (Wildman–Crippen LogP) is 4.25. The Labute approximate surface area is 131 Å². The van der Waals surface area contributed by atoms with Crippen LogP contribution in [0, 0.1) is 0 Å². The molecule has 1 aliphatic heterocycles. The minimum Gasteiger partial charge on any atom is -0.484 e. The van der Waals surface area contributed by atoms with E-state index < -0.39 is 12.8 Å². The standard InChI is InChI=1S/C16H16F3NOS/c17-16(18,19)11-21-14-3-1-2-12(8-14)9-20-6-4-15-13(10-20)5-7-22-15/h1-3,5,7-8H,4,6,9-11H2. The number of hydrogen-bond donors (Lipinski definition) is 0. The average Bonchev–Trinajstić information content (AvgIpc) is 2.92. The smallest absolute Gasteiger partial charge is 0.422 e. The van der Waals surface area contributed by atoms with Crippen molar-refractivity contribution in [3.8, 4) is 5.75 Å². The molecule has 2 nitrogen and oxygen atoms in total. The van der Waals surface area contributed by atoms with E-state index in [4.69, 9.17) is 4.74 Å². The molecule has 0 spiro atoms. The molecule has 0 radical (unpaired) electrons. The van der Waals surface area contributed by atoms with Gasteiger partial charge in [0.15, 0.2) is 6.61 Å². The topological polar surface area (TPSA) is 12.5 Å². The van der Waals surface area contributed by atoms with Crippen molar-refractivity contribution >= 4 is 11.3 Å². The largest absolute Gasteiger partial charge is 0.484 e. The average molecular weight is 327 g/mol. The van der Waals surface area contributed by atoms with Crippen molar-refractivity contribution in [1.82, 2.24) is 4.90 Å². The summed E-state index contributed by atoms with van der Waals surface area (Å²) in [5.74, 6) is 0.267. The molecule has 0 aliphatic carbocycles. The van der Waals surface area contributed by atoms with Gasteiger partial charge < -0.3 is 4.74 Å². The summed E-state index contributed by atoms with van der Waals surface area (Å²) >= 11 is 1.79. The molecule has 22 heavy (non-hydrogen) atoms. The fourth-order valence-electron chi connectivity index (χ4n) is 2.60. The number of nitrogens with zero attached hydrogens (tertiary/aromatic N) is 1. The molecule has 0 atom stereocenters. The lowest BCUT2D eigenvalue weighted by Gasteiger charge is -2.26. The zero-order valence-electron chi connectivity index (χ0n) is 11.9. The van der Waals surface area contributed by atoms with Crippen LogP contribution in [-0.4, -0.2) is 24.2 Å². The molecular weight excluding hydrogens is 311 g/mol. The number of rotatable bonds is 4. The van der Waals surface area contributed by atoms with Crippen LogP contribution in [0.15, 0.2) is 35.7 Å². The summed E-state index contributed by atoms with van der Waals surface area (Å²) < 4.78 is 41.4. The van der Waals surface area contributed by atoms with Crippen molar-refractivity contribution < 1.29 is 17.9 Å². The van der Waals surface area contributed by atoms with Gasteiger partial charge in [-0.3, -0.25) is 4.90 Å². The summed E-state index contributed by atoms with van der Waals surface area (Å²) in [4.78, 5) is 3.75. The zero-order chi connectivity index (χ0) is 15.6. The lowest BCUT2D eigenvalue weighted by Crippen LogP contribution is -2.29. The lowest BCUT2D eigenvalue weighted by molar-refractivity contribution is -0.153. The highest BCUT2D eigenvalue weighted by molar-refractivity contribution is 7.10. The molecule has 0 N–H and O–H groups in total. The van der Waals surface area contributed by atoms with E-state index in [9.17, 15) is 13.2 Å². The number of thiophene rings is 1. The van der Waals surface area contributed by atoms with E-state index >= 15 is 0 Å². The van der Waals surface area contributed by atoms with Gasteiger partial charge in [-0.2, -0.15) is 13.2 Å². The van der Waals surface area contributed by atoms with Gasteiger partial charge in [0.2, 0.25) is 0 Å². The number of halogens is 3. The lowest BCUT2D eigenvalue weighted by atomic mass is 10.1. The molecule has 6 heteroatoms. The minimum absolute atomic E-state index is 0.267. The summed E-state index contributed by atoms with van der Waals surface area (Å²) in [6.07, 6.45) is -3.27. The minimum atomic E-state index is -4.31. The quantitative estimate of drug-likeness (QED) is 0.832. The molecule has 1 aromatic carbocycles. The highest BCUT2D eigenvalue weighted by atomic mass is 32.1. The van der Waals surface area contributed by atoms with Gasteiger partial charge in [0, 0.05) is 24.5 Å². The van der Waals surface area contributed by atoms with Crippen LogP contribution in [-0.2, 0) is 19.5 Å². The first-order chi connectivity index (χ1) is 10.5. The van der Waals surface area contributed by atoms with Crippen molar-refractivity contribution in [2.45, 2.75) is 25.7 Å². The van der Waals surface area contributed by atoms with Crippen LogP contribution < -0.4 is 4.74 Å². The molecular formula is C16H16F3NOS. The Hall–Kier alpha value is -1.53. The van der Waals surface area contributed by atoms with Gasteiger partial charge in [0.25, 0.3) is 0 Å². The molecule has 2 heterocycles. The van der Waals surface area contributed by atoms with Gasteiger partial charge in [-0.05, 0) is 41.1 Å². The first-order valence-electron chi connectivity index (χ1n) is 7.06. The predicted molar refractivity (Wildman–Crippen MR) is 80.1 cm³/mol. The van der Waals surface area contributed by atoms with Crippen LogP contribution in [0.2, 0.25) is 0 Å². The van der Waals surface area contributed by atoms with Crippen LogP contribution in [0.5, 0.6) is 5.75 Å². The molecule has 3 rings (SSSR count). The fourth-order valence-corrected chi connectivity index (χ4v) is 3.49. The van der Waals surface area contributed by atoms with Crippen LogP contribution in [0.3, 0.4) is 0 Å². The van der Waals surface area contributed by atoms with Gasteiger partial charge >= 0.3 is 6.18 Å². The van der Waals surface area contributed by atoms with Crippen molar-refractivity contribution in [2.75, 3.05) is 13.2 Å². The molecule has 1 aliphatic rings. The van der Waals surface area contributed by atoms with Crippen molar-refractivity contribution in [3.63, 3.8) is 0 Å². The van der Waals surface area contributed by atoms with Gasteiger partial charge in [-0.15, -0.1) is 11.3 Å². The maximum Gasteiger partial charge on any atom is 0.422 e. The van der Waals surface area contributed by atoms with E-state index in [-0.39, 0.29) is 5.75 Å². The van der Waals surface area contributed by atoms with Gasteiger partial charge in [0.05, 0.1) is 0 Å². The van der Waals surface area contributed by atoms with Gasteiger partial charge in [-0.1, -0.05) is 12.1 Å². The third kappa shape index (κ3) is 4.01. The highest BCUT2D eigenvalue weighted by Gasteiger charge is 2.28. The maximum atomic E-state index is 12.2. The molecule has 0 unspecified atom stereocenters. The molecule has 0 bridgehead atoms. The third-order valence-electron chi connectivity index (χ3n) is 3.59. The Morgan fingerprint density at radius 1 is 1.23 bits per heavy atom. The van der Waals surface area contributed by atoms with Crippen LogP contribution >= 0.6 is 11.3 Å². The summed E-state index contributed by atoms with van der Waals surface area (Å²) in [5, 5.41) is 2.11. The second-order valence-corrected chi connectivity index (χ2v) is 6.38. The molecule has 0 saturated heterocycles. The number of alkyl halides is 3. The Bertz CT molecular complexity index is 638. The fraction of sp³-hybridized carbons (Fsp3) is 0.375. The summed E-state index contributed by atoms with van der Waals surface area (Å²) in [6, 6.07) is 9.05. The number of benzene rings is 1. The maximum absolute atomic E-state index is 12.2. The van der Waals surface area contributed by atoms with E-state index in [0.29, 0.717) is 0 Å². The summed E-state index contributed by atoms with van der Waals surface area (Å²) in [7, 11) is 0. The molecule has 118 valence electrons. The van der Waals surface area contributed by atoms with E-state index in [1.807, 2.05) is 6.07 Å². The Morgan fingerprint density at radius 2 is 2.09 bits per heavy atom. The van der Waals surface area contributed by atoms with Crippen LogP contribution in [0.1, 0.15) is 16.0 Å². The Kier molecular flexibility index (Phi) is 4.40. The van der Waals surface area contributed by atoms with E-state index in [1.54, 1.807) is 29.5 Å². The monoisotopic (exact) mass is 327 g/mol. The van der Waals surface area contributed by atoms with Crippen LogP contribution in [0.25, 0.3) is 0 Å². The van der Waals surface area contributed by atoms with Gasteiger partial charge in [0.1, 0.15) is 5.75 Å². The normalized spacial score (nSPS) is 15.6. The van der Waals surface area contributed by atoms with E-state index in [2.05, 4.69) is 16.3 Å². The molecule has 2 aromatic rings. The summed E-state index contributed by atoms with van der Waals surface area (Å²) in [5.41, 5.74) is 2.33. The molecule has 1 aromatic heterocycles. The first-order valence-corrected chi connectivity index (χ1v) is 7.94. The first kappa shape index (κ1) is 15.4.